The normalized spacial score (nSPS) is 13.6. The summed E-state index contributed by atoms with van der Waals surface area (Å²) in [5.74, 6) is 2.72. The first kappa shape index (κ1) is 30.0. The van der Waals surface area contributed by atoms with Crippen molar-refractivity contribution in [3.8, 4) is 21.5 Å². The Hall–Kier alpha value is -1.48. The molecule has 5 aromatic rings. The summed E-state index contributed by atoms with van der Waals surface area (Å²) in [5, 5.41) is 0. The smallest absolute Gasteiger partial charge is 0.237 e. The number of unbranched alkanes of at least 4 members (excludes halogenated alkanes) is 2. The van der Waals surface area contributed by atoms with Gasteiger partial charge in [0.2, 0.25) is 11.8 Å². The van der Waals surface area contributed by atoms with Gasteiger partial charge in [-0.2, -0.15) is 0 Å². The third kappa shape index (κ3) is 6.77. The zero-order valence-corrected chi connectivity index (χ0v) is 28.6. The zero-order chi connectivity index (χ0) is 28.2. The number of nitrogens with zero attached hydrogens (tertiary/aromatic N) is 2. The Morgan fingerprint density at radius 2 is 1.10 bits per heavy atom. The lowest BCUT2D eigenvalue weighted by Crippen LogP contribution is -2.03. The molecule has 40 heavy (non-hydrogen) atoms. The molecule has 214 valence electrons. The van der Waals surface area contributed by atoms with Crippen LogP contribution in [-0.4, -0.2) is 9.97 Å². The Labute approximate surface area is 262 Å². The second kappa shape index (κ2) is 13.7. The summed E-state index contributed by atoms with van der Waals surface area (Å²) in [6.45, 7) is 9.12. The monoisotopic (exact) mass is 704 g/mol. The number of rotatable bonds is 14. The quantitative estimate of drug-likeness (QED) is 0.115. The predicted octanol–water partition coefficient (Wildman–Crippen LogP) is 12.5. The highest BCUT2D eigenvalue weighted by Gasteiger charge is 2.22. The first-order chi connectivity index (χ1) is 19.4. The lowest BCUT2D eigenvalue weighted by atomic mass is 9.92. The van der Waals surface area contributed by atoms with Crippen molar-refractivity contribution in [1.82, 2.24) is 9.97 Å². The van der Waals surface area contributed by atoms with Gasteiger partial charge in [-0.15, -0.1) is 22.7 Å². The molecular weight excluding hydrogens is 668 g/mol. The van der Waals surface area contributed by atoms with Gasteiger partial charge in [0.05, 0.1) is 17.3 Å². The highest BCUT2D eigenvalue weighted by molar-refractivity contribution is 9.11. The average Bonchev–Trinajstić information content (AvgIpc) is 3.71. The number of halogens is 2. The molecule has 0 saturated heterocycles. The third-order valence-corrected chi connectivity index (χ3v) is 11.3. The molecule has 4 nitrogen and oxygen atoms in total. The zero-order valence-electron chi connectivity index (χ0n) is 23.8. The van der Waals surface area contributed by atoms with E-state index in [-0.39, 0.29) is 0 Å². The Morgan fingerprint density at radius 3 is 1.48 bits per heavy atom. The van der Waals surface area contributed by atoms with Crippen molar-refractivity contribution in [2.24, 2.45) is 11.8 Å². The van der Waals surface area contributed by atoms with E-state index >= 15 is 0 Å². The predicted molar refractivity (Wildman–Crippen MR) is 178 cm³/mol. The number of oxazole rings is 2. The first-order valence-corrected chi connectivity index (χ1v) is 17.9. The number of thiophene rings is 2. The Morgan fingerprint density at radius 1 is 0.675 bits per heavy atom. The lowest BCUT2D eigenvalue weighted by molar-refractivity contribution is 0.449. The van der Waals surface area contributed by atoms with E-state index in [4.69, 9.17) is 18.8 Å². The molecule has 0 aliphatic rings. The summed E-state index contributed by atoms with van der Waals surface area (Å²) in [7, 11) is 0. The molecule has 0 spiro atoms. The maximum absolute atomic E-state index is 6.35. The van der Waals surface area contributed by atoms with Crippen LogP contribution in [0.5, 0.6) is 0 Å². The van der Waals surface area contributed by atoms with Crippen molar-refractivity contribution in [1.29, 1.82) is 0 Å². The Bertz CT molecular complexity index is 1400. The van der Waals surface area contributed by atoms with Gasteiger partial charge in [0, 0.05) is 12.1 Å². The minimum Gasteiger partial charge on any atom is -0.435 e. The van der Waals surface area contributed by atoms with E-state index in [0.717, 1.165) is 52.4 Å². The van der Waals surface area contributed by atoms with E-state index in [2.05, 4.69) is 71.7 Å². The van der Waals surface area contributed by atoms with Crippen molar-refractivity contribution in [3.05, 3.63) is 43.0 Å². The average molecular weight is 707 g/mol. The first-order valence-electron chi connectivity index (χ1n) is 14.7. The molecule has 0 N–H and O–H groups in total. The number of fused-ring (bicyclic) bond motifs is 2. The van der Waals surface area contributed by atoms with Crippen LogP contribution in [0.3, 0.4) is 0 Å². The molecule has 1 aromatic carbocycles. The molecule has 0 saturated carbocycles. The summed E-state index contributed by atoms with van der Waals surface area (Å²) >= 11 is 10.8. The van der Waals surface area contributed by atoms with E-state index in [1.165, 1.54) is 62.5 Å². The van der Waals surface area contributed by atoms with Gasteiger partial charge in [-0.3, -0.25) is 0 Å². The fraction of sp³-hybridized carbons (Fsp3) is 0.500. The van der Waals surface area contributed by atoms with Crippen LogP contribution >= 0.6 is 54.5 Å². The molecule has 2 atom stereocenters. The molecule has 0 fully saturated rings. The maximum atomic E-state index is 6.35. The van der Waals surface area contributed by atoms with Crippen LogP contribution in [0.4, 0.5) is 0 Å². The molecule has 0 bridgehead atoms. The Kier molecular flexibility index (Phi) is 10.2. The molecule has 5 rings (SSSR count). The van der Waals surface area contributed by atoms with E-state index in [9.17, 15) is 0 Å². The number of benzene rings is 1. The van der Waals surface area contributed by atoms with E-state index < -0.39 is 0 Å². The summed E-state index contributed by atoms with van der Waals surface area (Å²) < 4.78 is 14.9. The van der Waals surface area contributed by atoms with E-state index in [1.807, 2.05) is 12.1 Å². The van der Waals surface area contributed by atoms with Gasteiger partial charge >= 0.3 is 0 Å². The van der Waals surface area contributed by atoms with Crippen LogP contribution in [-0.2, 0) is 12.8 Å². The van der Waals surface area contributed by atoms with Crippen LogP contribution in [0, 0.1) is 11.8 Å². The van der Waals surface area contributed by atoms with Gasteiger partial charge in [-0.1, -0.05) is 79.1 Å². The van der Waals surface area contributed by atoms with Crippen LogP contribution in [0.2, 0.25) is 0 Å². The Balaban J connectivity index is 1.43. The minimum atomic E-state index is 0.677. The van der Waals surface area contributed by atoms with Gasteiger partial charge in [0.1, 0.15) is 11.0 Å². The molecule has 4 heterocycles. The van der Waals surface area contributed by atoms with Crippen LogP contribution in [0.1, 0.15) is 90.2 Å². The standard InChI is InChI=1S/C32H38Br2N2O2S2/c1-5-9-11-19(7-3)13-21-15-27(33)39-29(21)31-35-23-17-26-24(18-25(23)37-31)36-32(38-26)30-22(16-28(34)40-30)14-20(8-4)12-10-6-2/h15-20H,5-14H2,1-4H3. The van der Waals surface area contributed by atoms with Crippen LogP contribution in [0.25, 0.3) is 43.7 Å². The number of hydrogen-bond acceptors (Lipinski definition) is 6. The topological polar surface area (TPSA) is 52.1 Å². The summed E-state index contributed by atoms with van der Waals surface area (Å²) in [4.78, 5) is 12.1. The van der Waals surface area contributed by atoms with Crippen molar-refractivity contribution in [3.63, 3.8) is 0 Å². The second-order valence-electron chi connectivity index (χ2n) is 10.9. The third-order valence-electron chi connectivity index (χ3n) is 7.95. The highest BCUT2D eigenvalue weighted by atomic mass is 79.9. The number of aromatic nitrogens is 2. The molecule has 0 amide bonds. The van der Waals surface area contributed by atoms with Crippen LogP contribution in [0.15, 0.2) is 40.7 Å². The largest absolute Gasteiger partial charge is 0.435 e. The fourth-order valence-corrected chi connectivity index (χ4v) is 8.72. The maximum Gasteiger partial charge on any atom is 0.237 e. The van der Waals surface area contributed by atoms with Crippen molar-refractivity contribution in [2.75, 3.05) is 0 Å². The molecule has 2 unspecified atom stereocenters. The molecule has 0 aliphatic carbocycles. The lowest BCUT2D eigenvalue weighted by Gasteiger charge is -2.14. The summed E-state index contributed by atoms with van der Waals surface area (Å²) in [6.07, 6.45) is 12.0. The molecule has 0 radical (unpaired) electrons. The summed E-state index contributed by atoms with van der Waals surface area (Å²) in [5.41, 5.74) is 5.73. The van der Waals surface area contributed by atoms with Gasteiger partial charge in [-0.05, 0) is 79.8 Å². The van der Waals surface area contributed by atoms with Gasteiger partial charge in [-0.25, -0.2) is 9.97 Å². The molecular formula is C32H38Br2N2O2S2. The van der Waals surface area contributed by atoms with Crippen molar-refractivity contribution < 1.29 is 8.83 Å². The highest BCUT2D eigenvalue weighted by Crippen LogP contribution is 2.41. The SMILES string of the molecule is CCCCC(CC)Cc1cc(Br)sc1-c1nc2cc3oc(-c4sc(Br)cc4CC(CC)CCCC)nc3cc2o1. The second-order valence-corrected chi connectivity index (χ2v) is 15.7. The molecule has 8 heteroatoms. The van der Waals surface area contributed by atoms with Gasteiger partial charge in [0.25, 0.3) is 0 Å². The van der Waals surface area contributed by atoms with E-state index in [0.29, 0.717) is 23.6 Å². The van der Waals surface area contributed by atoms with E-state index in [1.54, 1.807) is 22.7 Å². The number of hydrogen-bond donors (Lipinski definition) is 0. The van der Waals surface area contributed by atoms with Crippen LogP contribution < -0.4 is 0 Å². The fourth-order valence-electron chi connectivity index (χ4n) is 5.51. The minimum absolute atomic E-state index is 0.677. The van der Waals surface area contributed by atoms with Gasteiger partial charge in [0.15, 0.2) is 11.2 Å². The molecule has 0 aliphatic heterocycles. The molecule has 4 aromatic heterocycles. The summed E-state index contributed by atoms with van der Waals surface area (Å²) in [6, 6.07) is 8.44. The van der Waals surface area contributed by atoms with Crippen molar-refractivity contribution >= 4 is 76.7 Å². The van der Waals surface area contributed by atoms with Crippen molar-refractivity contribution in [2.45, 2.75) is 91.9 Å². The van der Waals surface area contributed by atoms with Gasteiger partial charge < -0.3 is 8.83 Å².